The van der Waals surface area contributed by atoms with E-state index in [0.29, 0.717) is 19.1 Å². The molecule has 2 aromatic carbocycles. The summed E-state index contributed by atoms with van der Waals surface area (Å²) in [7, 11) is 0. The summed E-state index contributed by atoms with van der Waals surface area (Å²) in [6.07, 6.45) is -1.73. The second-order valence-electron chi connectivity index (χ2n) is 7.24. The van der Waals surface area contributed by atoms with E-state index in [9.17, 15) is 0 Å². The molecular weight excluding hydrogens is 358 g/mol. The van der Waals surface area contributed by atoms with Gasteiger partial charge in [-0.2, -0.15) is 0 Å². The van der Waals surface area contributed by atoms with Gasteiger partial charge in [-0.1, -0.05) is 60.7 Å². The van der Waals surface area contributed by atoms with Gasteiger partial charge in [0.05, 0.1) is 13.2 Å². The Bertz CT molecular complexity index is 827. The maximum atomic E-state index is 6.34. The van der Waals surface area contributed by atoms with Gasteiger partial charge in [0.15, 0.2) is 12.2 Å². The van der Waals surface area contributed by atoms with Crippen molar-refractivity contribution in [1.82, 2.24) is 0 Å². The van der Waals surface area contributed by atoms with Crippen LogP contribution in [0.2, 0.25) is 0 Å². The van der Waals surface area contributed by atoms with Crippen LogP contribution in [0.5, 0.6) is 0 Å². The molecule has 0 aliphatic carbocycles. The molecule has 0 aromatic heterocycles. The Morgan fingerprint density at radius 3 is 2.54 bits per heavy atom. The molecule has 6 atom stereocenters. The Hall–Kier alpha value is -2.25. The monoisotopic (exact) mass is 381 g/mol. The number of ether oxygens (including phenoxy) is 5. The lowest BCUT2D eigenvalue weighted by atomic mass is 9.96. The minimum absolute atomic E-state index is 0.250. The Balaban J connectivity index is 1.38. The van der Waals surface area contributed by atoms with Gasteiger partial charge in [0, 0.05) is 12.5 Å². The highest BCUT2D eigenvalue weighted by molar-refractivity contribution is 5.75. The van der Waals surface area contributed by atoms with Gasteiger partial charge in [-0.3, -0.25) is 0 Å². The van der Waals surface area contributed by atoms with Gasteiger partial charge in [0.2, 0.25) is 6.29 Å². The number of aliphatic imine (C=N–C) groups is 1. The van der Waals surface area contributed by atoms with Crippen molar-refractivity contribution < 1.29 is 23.7 Å². The van der Waals surface area contributed by atoms with Gasteiger partial charge < -0.3 is 23.7 Å². The van der Waals surface area contributed by atoms with Crippen LogP contribution in [0.4, 0.5) is 0 Å². The van der Waals surface area contributed by atoms with Crippen LogP contribution in [-0.2, 0) is 30.3 Å². The Morgan fingerprint density at radius 2 is 1.75 bits per heavy atom. The molecule has 0 N–H and O–H groups in total. The number of rotatable bonds is 4. The first-order valence-electron chi connectivity index (χ1n) is 9.62. The van der Waals surface area contributed by atoms with Crippen molar-refractivity contribution in [2.45, 2.75) is 50.5 Å². The summed E-state index contributed by atoms with van der Waals surface area (Å²) in [6.45, 7) is 2.73. The second-order valence-corrected chi connectivity index (χ2v) is 7.24. The first kappa shape index (κ1) is 17.8. The average molecular weight is 381 g/mol. The summed E-state index contributed by atoms with van der Waals surface area (Å²) < 4.78 is 30.4. The summed E-state index contributed by atoms with van der Waals surface area (Å²) in [4.78, 5) is 4.62. The van der Waals surface area contributed by atoms with E-state index in [-0.39, 0.29) is 24.4 Å². The predicted molar refractivity (Wildman–Crippen MR) is 102 cm³/mol. The molecule has 2 fully saturated rings. The summed E-state index contributed by atoms with van der Waals surface area (Å²) in [5.41, 5.74) is 2.08. The highest BCUT2D eigenvalue weighted by Crippen LogP contribution is 2.38. The third kappa shape index (κ3) is 3.44. The molecule has 28 heavy (non-hydrogen) atoms. The quantitative estimate of drug-likeness (QED) is 0.814. The highest BCUT2D eigenvalue weighted by atomic mass is 16.8. The van der Waals surface area contributed by atoms with Crippen molar-refractivity contribution in [3.05, 3.63) is 71.8 Å². The van der Waals surface area contributed by atoms with E-state index in [4.69, 9.17) is 23.7 Å². The number of hydrogen-bond acceptors (Lipinski definition) is 6. The third-order valence-corrected chi connectivity index (χ3v) is 5.28. The van der Waals surface area contributed by atoms with Gasteiger partial charge in [-0.15, -0.1) is 0 Å². The number of benzene rings is 2. The van der Waals surface area contributed by atoms with Crippen LogP contribution in [0.1, 0.15) is 24.3 Å². The summed E-state index contributed by atoms with van der Waals surface area (Å²) in [6, 6.07) is 19.8. The van der Waals surface area contributed by atoms with Gasteiger partial charge >= 0.3 is 0 Å². The van der Waals surface area contributed by atoms with E-state index in [1.807, 2.05) is 67.6 Å². The van der Waals surface area contributed by atoms with E-state index in [0.717, 1.165) is 11.1 Å². The number of fused-ring (bicyclic) bond motifs is 2. The van der Waals surface area contributed by atoms with Gasteiger partial charge in [0.25, 0.3) is 0 Å². The molecule has 6 heteroatoms. The normalized spacial score (nSPS) is 34.1. The topological polar surface area (TPSA) is 58.5 Å². The SMILES string of the molecule is CC1=N[C@H]2[C@@H](O1)O[C@@H]1CO[C@@H](c3ccccc3)O[C@H]1[C@H]2OCc1ccccc1. The van der Waals surface area contributed by atoms with Gasteiger partial charge in [-0.25, -0.2) is 4.99 Å². The fourth-order valence-corrected chi connectivity index (χ4v) is 3.94. The predicted octanol–water partition coefficient (Wildman–Crippen LogP) is 3.23. The summed E-state index contributed by atoms with van der Waals surface area (Å²) in [5, 5.41) is 0. The van der Waals surface area contributed by atoms with E-state index < -0.39 is 12.6 Å². The van der Waals surface area contributed by atoms with Crippen LogP contribution in [0.25, 0.3) is 0 Å². The molecule has 0 saturated carbocycles. The van der Waals surface area contributed by atoms with Gasteiger partial charge in [0.1, 0.15) is 24.4 Å². The Labute approximate surface area is 164 Å². The van der Waals surface area contributed by atoms with Crippen molar-refractivity contribution in [2.24, 2.45) is 4.99 Å². The molecule has 0 spiro atoms. The molecule has 146 valence electrons. The first-order chi connectivity index (χ1) is 13.8. The largest absolute Gasteiger partial charge is 0.450 e. The van der Waals surface area contributed by atoms with Gasteiger partial charge in [-0.05, 0) is 5.56 Å². The lowest BCUT2D eigenvalue weighted by Crippen LogP contribution is -2.61. The third-order valence-electron chi connectivity index (χ3n) is 5.28. The van der Waals surface area contributed by atoms with Crippen molar-refractivity contribution in [1.29, 1.82) is 0 Å². The second kappa shape index (κ2) is 7.64. The molecule has 6 nitrogen and oxygen atoms in total. The molecule has 0 unspecified atom stereocenters. The number of hydrogen-bond donors (Lipinski definition) is 0. The molecular formula is C22H23NO5. The van der Waals surface area contributed by atoms with E-state index in [1.165, 1.54) is 0 Å². The molecule has 3 heterocycles. The molecule has 3 aliphatic rings. The molecule has 5 rings (SSSR count). The molecule has 0 amide bonds. The molecule has 3 aliphatic heterocycles. The lowest BCUT2D eigenvalue weighted by Gasteiger charge is -2.46. The molecule has 2 saturated heterocycles. The smallest absolute Gasteiger partial charge is 0.227 e. The Kier molecular flexibility index (Phi) is 4.86. The average Bonchev–Trinajstić information content (AvgIpc) is 3.12. The first-order valence-corrected chi connectivity index (χ1v) is 9.62. The summed E-state index contributed by atoms with van der Waals surface area (Å²) >= 11 is 0. The van der Waals surface area contributed by atoms with Crippen LogP contribution in [0.15, 0.2) is 65.7 Å². The summed E-state index contributed by atoms with van der Waals surface area (Å²) in [5.74, 6) is 0.613. The minimum atomic E-state index is -0.456. The van der Waals surface area contributed by atoms with E-state index >= 15 is 0 Å². The van der Waals surface area contributed by atoms with E-state index in [2.05, 4.69) is 4.99 Å². The molecule has 2 aromatic rings. The van der Waals surface area contributed by atoms with Crippen molar-refractivity contribution >= 4 is 5.90 Å². The maximum absolute atomic E-state index is 6.34. The van der Waals surface area contributed by atoms with Crippen LogP contribution in [0, 0.1) is 0 Å². The Morgan fingerprint density at radius 1 is 1.00 bits per heavy atom. The fraction of sp³-hybridized carbons (Fsp3) is 0.409. The van der Waals surface area contributed by atoms with Crippen molar-refractivity contribution in [3.63, 3.8) is 0 Å². The fourth-order valence-electron chi connectivity index (χ4n) is 3.94. The minimum Gasteiger partial charge on any atom is -0.450 e. The highest BCUT2D eigenvalue weighted by Gasteiger charge is 2.53. The van der Waals surface area contributed by atoms with Crippen LogP contribution in [0.3, 0.4) is 0 Å². The van der Waals surface area contributed by atoms with Crippen LogP contribution < -0.4 is 0 Å². The standard InChI is InChI=1S/C22H23NO5/c1-14-23-18-20(24-12-15-8-4-2-5-9-15)19-17(27-22(18)26-14)13-25-21(28-19)16-10-6-3-7-11-16/h2-11,17-22H,12-13H2,1H3/t17-,18-,19-,20+,21-,22+/m1/s1. The lowest BCUT2D eigenvalue weighted by molar-refractivity contribution is -0.335. The molecule has 0 radical (unpaired) electrons. The maximum Gasteiger partial charge on any atom is 0.227 e. The zero-order chi connectivity index (χ0) is 18.9. The molecule has 0 bridgehead atoms. The zero-order valence-electron chi connectivity index (χ0n) is 15.6. The number of nitrogens with zero attached hydrogens (tertiary/aromatic N) is 1. The van der Waals surface area contributed by atoms with Crippen molar-refractivity contribution in [3.8, 4) is 0 Å². The van der Waals surface area contributed by atoms with Crippen LogP contribution >= 0.6 is 0 Å². The van der Waals surface area contributed by atoms with E-state index in [1.54, 1.807) is 0 Å². The van der Waals surface area contributed by atoms with Crippen molar-refractivity contribution in [2.75, 3.05) is 6.61 Å². The zero-order valence-corrected chi connectivity index (χ0v) is 15.6. The van der Waals surface area contributed by atoms with Crippen LogP contribution in [-0.4, -0.2) is 43.1 Å².